The van der Waals surface area contributed by atoms with Crippen molar-refractivity contribution >= 4 is 22.9 Å². The number of fused-ring (bicyclic) bond motifs is 11. The van der Waals surface area contributed by atoms with E-state index in [1.165, 1.54) is 6.92 Å². The molecule has 5 N–H and O–H groups in total. The molecule has 41 heavy (non-hydrogen) atoms. The zero-order valence-electron chi connectivity index (χ0n) is 20.6. The quantitative estimate of drug-likeness (QED) is 0.236. The predicted octanol–water partition coefficient (Wildman–Crippen LogP) is 2.59. The van der Waals surface area contributed by atoms with Gasteiger partial charge in [-0.15, -0.1) is 0 Å². The van der Waals surface area contributed by atoms with Crippen molar-refractivity contribution < 1.29 is 58.2 Å². The van der Waals surface area contributed by atoms with Crippen molar-refractivity contribution in [2.75, 3.05) is 0 Å². The van der Waals surface area contributed by atoms with E-state index in [0.29, 0.717) is 0 Å². The lowest BCUT2D eigenvalue weighted by Gasteiger charge is -2.44. The molecule has 2 atom stereocenters. The lowest BCUT2D eigenvalue weighted by atomic mass is 9.85. The zero-order chi connectivity index (χ0) is 29.1. The van der Waals surface area contributed by atoms with Crippen LogP contribution in [0.15, 0.2) is 36.6 Å². The maximum atomic E-state index is 13.9. The third kappa shape index (κ3) is 3.21. The van der Waals surface area contributed by atoms with Crippen LogP contribution in [0, 0.1) is 0 Å². The van der Waals surface area contributed by atoms with Crippen molar-refractivity contribution in [3.8, 4) is 40.3 Å². The van der Waals surface area contributed by atoms with Crippen LogP contribution >= 0.6 is 0 Å². The highest BCUT2D eigenvalue weighted by Gasteiger charge is 2.52. The molecule has 0 radical (unpaired) electrons. The van der Waals surface area contributed by atoms with E-state index in [-0.39, 0.29) is 57.1 Å². The average molecular weight is 564 g/mol. The van der Waals surface area contributed by atoms with Crippen LogP contribution in [0.3, 0.4) is 0 Å². The van der Waals surface area contributed by atoms with Gasteiger partial charge in [-0.05, 0) is 6.07 Å². The second-order valence-corrected chi connectivity index (χ2v) is 9.87. The Bertz CT molecular complexity index is 2030. The van der Waals surface area contributed by atoms with Gasteiger partial charge in [0.1, 0.15) is 41.1 Å². The largest absolute Gasteiger partial charge is 0.508 e. The molecule has 14 nitrogen and oxygen atoms in total. The molecule has 3 aliphatic heterocycles. The molecular weight excluding hydrogens is 548 g/mol. The number of carbonyl (C=O) groups is 2. The summed E-state index contributed by atoms with van der Waals surface area (Å²) in [6, 6.07) is 2.75. The van der Waals surface area contributed by atoms with Gasteiger partial charge >= 0.3 is 11.9 Å². The Morgan fingerprint density at radius 3 is 2.44 bits per heavy atom. The van der Waals surface area contributed by atoms with Gasteiger partial charge in [0.2, 0.25) is 5.79 Å². The van der Waals surface area contributed by atoms with Gasteiger partial charge in [0.15, 0.2) is 28.1 Å². The minimum absolute atomic E-state index is 0.0183. The van der Waals surface area contributed by atoms with Crippen LogP contribution in [0.25, 0.3) is 22.3 Å². The maximum Gasteiger partial charge on any atom is 0.340 e. The fourth-order valence-corrected chi connectivity index (χ4v) is 5.67. The second-order valence-electron chi connectivity index (χ2n) is 9.87. The first-order valence-electron chi connectivity index (χ1n) is 12.0. The summed E-state index contributed by atoms with van der Waals surface area (Å²) in [7, 11) is 0. The Kier molecular flexibility index (Phi) is 4.66. The van der Waals surface area contributed by atoms with Gasteiger partial charge in [0.05, 0.1) is 45.7 Å². The first-order valence-corrected chi connectivity index (χ1v) is 12.0. The van der Waals surface area contributed by atoms with Crippen LogP contribution in [0.4, 0.5) is 0 Å². The first-order chi connectivity index (χ1) is 19.4. The summed E-state index contributed by atoms with van der Waals surface area (Å²) in [6.45, 7) is 1.01. The molecule has 7 rings (SSSR count). The summed E-state index contributed by atoms with van der Waals surface area (Å²) < 4.78 is 29.1. The molecule has 0 amide bonds. The van der Waals surface area contributed by atoms with E-state index in [1.807, 2.05) is 0 Å². The van der Waals surface area contributed by atoms with Gasteiger partial charge in [0.25, 0.3) is 5.95 Å². The summed E-state index contributed by atoms with van der Waals surface area (Å²) in [5.74, 6) is -7.97. The fourth-order valence-electron chi connectivity index (χ4n) is 5.67. The third-order valence-electron chi connectivity index (χ3n) is 7.27. The molecule has 2 bridgehead atoms. The summed E-state index contributed by atoms with van der Waals surface area (Å²) in [5, 5.41) is 50.6. The molecule has 0 spiro atoms. The van der Waals surface area contributed by atoms with Crippen LogP contribution in [-0.4, -0.2) is 43.3 Å². The highest BCUT2D eigenvalue weighted by Crippen LogP contribution is 2.59. The van der Waals surface area contributed by atoms with Gasteiger partial charge in [0, 0.05) is 13.0 Å². The standard InChI is InChI=1S/C27H16O14/c1-27-5-12-15(19(31)14-8(25(33)34)2-7(28)3-11(14)38-12)23(40-27)18-22-17(16(26(35)36)20(32)24(18)41-27)21-9(6-37-22)10(29)4-13(30)39-21/h2-4,23,28,30,32H,5-6H2,1H3,(H,33,34)(H,35,36). The summed E-state index contributed by atoms with van der Waals surface area (Å²) in [4.78, 5) is 50.8. The smallest absolute Gasteiger partial charge is 0.340 e. The molecule has 0 aliphatic carbocycles. The van der Waals surface area contributed by atoms with E-state index in [4.69, 9.17) is 23.0 Å². The summed E-state index contributed by atoms with van der Waals surface area (Å²) in [5.41, 5.74) is -3.92. The van der Waals surface area contributed by atoms with Crippen LogP contribution in [0.5, 0.6) is 28.9 Å². The lowest BCUT2D eigenvalue weighted by molar-refractivity contribution is -0.220. The normalized spacial score (nSPS) is 19.7. The van der Waals surface area contributed by atoms with Crippen molar-refractivity contribution in [2.24, 2.45) is 0 Å². The molecule has 0 saturated carbocycles. The number of carboxylic acids is 2. The predicted molar refractivity (Wildman–Crippen MR) is 132 cm³/mol. The minimum atomic E-state index is -1.65. The van der Waals surface area contributed by atoms with E-state index >= 15 is 0 Å². The summed E-state index contributed by atoms with van der Waals surface area (Å²) in [6.07, 6.45) is -1.68. The molecule has 2 unspecified atom stereocenters. The van der Waals surface area contributed by atoms with Crippen LogP contribution in [-0.2, 0) is 17.8 Å². The number of benzene rings is 2. The number of phenolic OH excluding ortho intramolecular Hbond substituents is 1. The molecule has 3 aliphatic rings. The zero-order valence-corrected chi connectivity index (χ0v) is 20.6. The average Bonchev–Trinajstić information content (AvgIpc) is 2.87. The van der Waals surface area contributed by atoms with Crippen LogP contribution < -0.4 is 20.3 Å². The number of hydrogen-bond donors (Lipinski definition) is 5. The van der Waals surface area contributed by atoms with Crippen molar-refractivity contribution in [3.05, 3.63) is 72.2 Å². The molecule has 14 heteroatoms. The first kappa shape index (κ1) is 24.5. The molecule has 0 saturated heterocycles. The Labute approximate surface area is 225 Å². The van der Waals surface area contributed by atoms with Gasteiger partial charge < -0.3 is 48.6 Å². The molecule has 4 aromatic rings. The molecule has 2 aromatic heterocycles. The number of hydrogen-bond acceptors (Lipinski definition) is 12. The molecule has 2 aromatic carbocycles. The van der Waals surface area contributed by atoms with Gasteiger partial charge in [-0.1, -0.05) is 0 Å². The van der Waals surface area contributed by atoms with Crippen LogP contribution in [0.2, 0.25) is 0 Å². The third-order valence-corrected chi connectivity index (χ3v) is 7.27. The Morgan fingerprint density at radius 1 is 0.976 bits per heavy atom. The monoisotopic (exact) mass is 564 g/mol. The van der Waals surface area contributed by atoms with E-state index in [9.17, 15) is 44.7 Å². The van der Waals surface area contributed by atoms with Crippen molar-refractivity contribution in [2.45, 2.75) is 31.8 Å². The van der Waals surface area contributed by atoms with Crippen molar-refractivity contribution in [3.63, 3.8) is 0 Å². The molecule has 0 fully saturated rings. The summed E-state index contributed by atoms with van der Waals surface area (Å²) >= 11 is 0. The lowest BCUT2D eigenvalue weighted by Crippen LogP contribution is -2.48. The van der Waals surface area contributed by atoms with E-state index in [1.54, 1.807) is 0 Å². The van der Waals surface area contributed by atoms with Crippen molar-refractivity contribution in [1.82, 2.24) is 0 Å². The Balaban J connectivity index is 1.61. The minimum Gasteiger partial charge on any atom is -0.508 e. The van der Waals surface area contributed by atoms with Crippen LogP contribution in [0.1, 0.15) is 56.2 Å². The highest BCUT2D eigenvalue weighted by molar-refractivity contribution is 6.04. The Hall–Kier alpha value is -5.50. The number of rotatable bonds is 2. The topological polar surface area (TPSA) is 223 Å². The van der Waals surface area contributed by atoms with E-state index in [2.05, 4.69) is 0 Å². The SMILES string of the molecule is CC12Cc3oc4cc(O)cc(C(=O)O)c4c(=O)c3C(O1)c1c(c(O)c(C(=O)O)c3c1OCc1c-3oc(O)cc1=O)O2. The number of ether oxygens (including phenoxy) is 3. The molecule has 208 valence electrons. The number of aromatic hydroxyl groups is 3. The highest BCUT2D eigenvalue weighted by atomic mass is 16.7. The van der Waals surface area contributed by atoms with Gasteiger partial charge in [-0.2, -0.15) is 0 Å². The van der Waals surface area contributed by atoms with Crippen molar-refractivity contribution in [1.29, 1.82) is 0 Å². The number of phenols is 2. The number of carboxylic acid groups (broad SMARTS) is 2. The maximum absolute atomic E-state index is 13.9. The van der Waals surface area contributed by atoms with Gasteiger partial charge in [-0.3, -0.25) is 9.59 Å². The number of aromatic carboxylic acids is 2. The van der Waals surface area contributed by atoms with Gasteiger partial charge in [-0.25, -0.2) is 9.59 Å². The van der Waals surface area contributed by atoms with E-state index in [0.717, 1.165) is 18.2 Å². The molecular formula is C27H16O14. The van der Waals surface area contributed by atoms with E-state index < -0.39 is 75.4 Å². The second kappa shape index (κ2) is 7.79. The molecule has 5 heterocycles. The Morgan fingerprint density at radius 2 is 1.73 bits per heavy atom. The fraction of sp³-hybridized carbons (Fsp3) is 0.185.